The lowest BCUT2D eigenvalue weighted by Crippen LogP contribution is -2.23. The molecule has 1 heterocycles. The molecule has 1 rings (SSSR count). The standard InChI is InChI=1S/C13H22BrN3/c1-4-9-17-13(12(14)10-16-17)7-5-6-8-15-11(2)3/h5,7,10-11,15H,4,6,8-9H2,1-3H3/b7-5+. The van der Waals surface area contributed by atoms with Crippen molar-refractivity contribution in [3.8, 4) is 0 Å². The molecule has 1 aromatic rings. The van der Waals surface area contributed by atoms with E-state index in [0.717, 1.165) is 36.1 Å². The summed E-state index contributed by atoms with van der Waals surface area (Å²) in [5, 5.41) is 7.73. The molecule has 3 nitrogen and oxygen atoms in total. The molecule has 0 spiro atoms. The van der Waals surface area contributed by atoms with Gasteiger partial charge in [-0.15, -0.1) is 0 Å². The highest BCUT2D eigenvalue weighted by molar-refractivity contribution is 9.10. The smallest absolute Gasteiger partial charge is 0.0749 e. The van der Waals surface area contributed by atoms with Crippen molar-refractivity contribution in [3.05, 3.63) is 22.4 Å². The van der Waals surface area contributed by atoms with Gasteiger partial charge in [0.25, 0.3) is 0 Å². The maximum atomic E-state index is 4.34. The highest BCUT2D eigenvalue weighted by Gasteiger charge is 2.03. The molecule has 0 saturated heterocycles. The second-order valence-electron chi connectivity index (χ2n) is 4.40. The molecule has 17 heavy (non-hydrogen) atoms. The van der Waals surface area contributed by atoms with Gasteiger partial charge in [-0.2, -0.15) is 5.10 Å². The van der Waals surface area contributed by atoms with Crippen LogP contribution in [0.4, 0.5) is 0 Å². The summed E-state index contributed by atoms with van der Waals surface area (Å²) in [7, 11) is 0. The summed E-state index contributed by atoms with van der Waals surface area (Å²) in [4.78, 5) is 0. The molecule has 96 valence electrons. The average molecular weight is 300 g/mol. The topological polar surface area (TPSA) is 29.9 Å². The van der Waals surface area contributed by atoms with Crippen molar-refractivity contribution in [1.29, 1.82) is 0 Å². The maximum Gasteiger partial charge on any atom is 0.0749 e. The predicted octanol–water partition coefficient (Wildman–Crippen LogP) is 3.46. The number of aryl methyl sites for hydroxylation is 1. The van der Waals surface area contributed by atoms with E-state index >= 15 is 0 Å². The van der Waals surface area contributed by atoms with Gasteiger partial charge in [-0.25, -0.2) is 0 Å². The molecule has 0 aliphatic heterocycles. The molecule has 0 radical (unpaired) electrons. The first kappa shape index (κ1) is 14.5. The normalized spacial score (nSPS) is 11.8. The number of nitrogens with zero attached hydrogens (tertiary/aromatic N) is 2. The third kappa shape index (κ3) is 5.04. The van der Waals surface area contributed by atoms with Gasteiger partial charge in [0.05, 0.1) is 16.4 Å². The van der Waals surface area contributed by atoms with Crippen LogP contribution in [0.25, 0.3) is 6.08 Å². The zero-order valence-corrected chi connectivity index (χ0v) is 12.5. The van der Waals surface area contributed by atoms with Gasteiger partial charge in [0.15, 0.2) is 0 Å². The van der Waals surface area contributed by atoms with Gasteiger partial charge >= 0.3 is 0 Å². The number of aromatic nitrogens is 2. The van der Waals surface area contributed by atoms with Crippen LogP contribution in [0.2, 0.25) is 0 Å². The Hall–Kier alpha value is -0.610. The second-order valence-corrected chi connectivity index (χ2v) is 5.26. The highest BCUT2D eigenvalue weighted by Crippen LogP contribution is 2.18. The molecule has 0 aromatic carbocycles. The van der Waals surface area contributed by atoms with Gasteiger partial charge < -0.3 is 5.32 Å². The monoisotopic (exact) mass is 299 g/mol. The minimum absolute atomic E-state index is 0.556. The van der Waals surface area contributed by atoms with E-state index < -0.39 is 0 Å². The lowest BCUT2D eigenvalue weighted by atomic mass is 10.3. The Morgan fingerprint density at radius 3 is 2.94 bits per heavy atom. The lowest BCUT2D eigenvalue weighted by molar-refractivity contribution is 0.593. The van der Waals surface area contributed by atoms with Crippen LogP contribution in [0.15, 0.2) is 16.7 Å². The fourth-order valence-corrected chi connectivity index (χ4v) is 2.01. The van der Waals surface area contributed by atoms with Crippen LogP contribution in [0, 0.1) is 0 Å². The maximum absolute atomic E-state index is 4.34. The first-order valence-electron chi connectivity index (χ1n) is 6.26. The number of hydrogen-bond donors (Lipinski definition) is 1. The first-order chi connectivity index (χ1) is 8.15. The zero-order valence-electron chi connectivity index (χ0n) is 10.9. The Kier molecular flexibility index (Phi) is 6.52. The summed E-state index contributed by atoms with van der Waals surface area (Å²) in [5.74, 6) is 0. The van der Waals surface area contributed by atoms with Crippen molar-refractivity contribution in [2.24, 2.45) is 0 Å². The van der Waals surface area contributed by atoms with Gasteiger partial charge in [0.1, 0.15) is 0 Å². The number of rotatable bonds is 7. The van der Waals surface area contributed by atoms with Gasteiger partial charge in [-0.05, 0) is 41.4 Å². The summed E-state index contributed by atoms with van der Waals surface area (Å²) in [6, 6.07) is 0.556. The Morgan fingerprint density at radius 2 is 2.29 bits per heavy atom. The molecule has 0 aliphatic carbocycles. The van der Waals surface area contributed by atoms with Gasteiger partial charge in [0, 0.05) is 12.6 Å². The number of halogens is 1. The Balaban J connectivity index is 2.49. The van der Waals surface area contributed by atoms with Crippen molar-refractivity contribution in [2.45, 2.75) is 46.2 Å². The van der Waals surface area contributed by atoms with Crippen LogP contribution in [-0.4, -0.2) is 22.4 Å². The first-order valence-corrected chi connectivity index (χ1v) is 7.05. The van der Waals surface area contributed by atoms with Crippen molar-refractivity contribution < 1.29 is 0 Å². The molecule has 0 atom stereocenters. The van der Waals surface area contributed by atoms with E-state index in [4.69, 9.17) is 0 Å². The average Bonchev–Trinajstić information content (AvgIpc) is 2.61. The molecule has 0 fully saturated rings. The van der Waals surface area contributed by atoms with E-state index in [2.05, 4.69) is 59.3 Å². The molecular formula is C13H22BrN3. The van der Waals surface area contributed by atoms with Crippen molar-refractivity contribution in [1.82, 2.24) is 15.1 Å². The summed E-state index contributed by atoms with van der Waals surface area (Å²) < 4.78 is 3.11. The zero-order chi connectivity index (χ0) is 12.7. The van der Waals surface area contributed by atoms with Crippen molar-refractivity contribution in [3.63, 3.8) is 0 Å². The van der Waals surface area contributed by atoms with Gasteiger partial charge in [-0.3, -0.25) is 4.68 Å². The van der Waals surface area contributed by atoms with Gasteiger partial charge in [-0.1, -0.05) is 26.8 Å². The highest BCUT2D eigenvalue weighted by atomic mass is 79.9. The number of hydrogen-bond acceptors (Lipinski definition) is 2. The van der Waals surface area contributed by atoms with Crippen molar-refractivity contribution in [2.75, 3.05) is 6.54 Å². The Bertz CT molecular complexity index is 356. The minimum atomic E-state index is 0.556. The third-order valence-electron chi connectivity index (χ3n) is 2.41. The fraction of sp³-hybridized carbons (Fsp3) is 0.615. The summed E-state index contributed by atoms with van der Waals surface area (Å²) >= 11 is 3.53. The quantitative estimate of drug-likeness (QED) is 0.782. The summed E-state index contributed by atoms with van der Waals surface area (Å²) in [6.45, 7) is 8.48. The minimum Gasteiger partial charge on any atom is -0.314 e. The molecule has 1 aromatic heterocycles. The predicted molar refractivity (Wildman–Crippen MR) is 77.0 cm³/mol. The molecule has 0 unspecified atom stereocenters. The van der Waals surface area contributed by atoms with Crippen LogP contribution in [0.1, 0.15) is 39.3 Å². The molecule has 1 N–H and O–H groups in total. The molecule has 4 heteroatoms. The second kappa shape index (κ2) is 7.67. The van der Waals surface area contributed by atoms with E-state index in [1.807, 2.05) is 10.9 Å². The molecule has 0 bridgehead atoms. The van der Waals surface area contributed by atoms with Crippen LogP contribution < -0.4 is 5.32 Å². The molecule has 0 saturated carbocycles. The van der Waals surface area contributed by atoms with E-state index in [1.54, 1.807) is 0 Å². The van der Waals surface area contributed by atoms with E-state index in [9.17, 15) is 0 Å². The Morgan fingerprint density at radius 1 is 1.53 bits per heavy atom. The van der Waals surface area contributed by atoms with E-state index in [1.165, 1.54) is 0 Å². The van der Waals surface area contributed by atoms with Crippen LogP contribution in [-0.2, 0) is 6.54 Å². The van der Waals surface area contributed by atoms with Crippen LogP contribution >= 0.6 is 15.9 Å². The van der Waals surface area contributed by atoms with E-state index in [-0.39, 0.29) is 0 Å². The summed E-state index contributed by atoms with van der Waals surface area (Å²) in [6.07, 6.45) is 8.35. The Labute approximate surface area is 112 Å². The van der Waals surface area contributed by atoms with E-state index in [0.29, 0.717) is 6.04 Å². The third-order valence-corrected chi connectivity index (χ3v) is 3.02. The van der Waals surface area contributed by atoms with Crippen molar-refractivity contribution >= 4 is 22.0 Å². The van der Waals surface area contributed by atoms with Crippen LogP contribution in [0.3, 0.4) is 0 Å². The molecule has 0 aliphatic rings. The molecular weight excluding hydrogens is 278 g/mol. The molecule has 0 amide bonds. The van der Waals surface area contributed by atoms with Crippen LogP contribution in [0.5, 0.6) is 0 Å². The lowest BCUT2D eigenvalue weighted by Gasteiger charge is -2.05. The number of nitrogens with one attached hydrogen (secondary N) is 1. The summed E-state index contributed by atoms with van der Waals surface area (Å²) in [5.41, 5.74) is 1.16. The van der Waals surface area contributed by atoms with Gasteiger partial charge in [0.2, 0.25) is 0 Å². The SMILES string of the molecule is CCCn1ncc(Br)c1/C=C/CCNC(C)C. The largest absolute Gasteiger partial charge is 0.314 e. The fourth-order valence-electron chi connectivity index (χ4n) is 1.58.